The van der Waals surface area contributed by atoms with Crippen LogP contribution in [0, 0.1) is 0 Å². The highest BCUT2D eigenvalue weighted by molar-refractivity contribution is 6.25. The van der Waals surface area contributed by atoms with E-state index >= 15 is 0 Å². The number of rotatable bonds is 3. The fourth-order valence-corrected chi connectivity index (χ4v) is 5.16. The number of nitrogens with zero attached hydrogens (tertiary/aromatic N) is 3. The van der Waals surface area contributed by atoms with E-state index in [4.69, 9.17) is 4.98 Å². The zero-order valence-corrected chi connectivity index (χ0v) is 19.5. The Labute approximate surface area is 208 Å². The van der Waals surface area contributed by atoms with E-state index in [1.165, 1.54) is 32.3 Å². The molecule has 3 heteroatoms. The van der Waals surface area contributed by atoms with Crippen LogP contribution in [0.15, 0.2) is 128 Å². The second kappa shape index (κ2) is 8.40. The molecule has 6 aromatic carbocycles. The topological polar surface area (TPSA) is 38.7 Å². The molecular formula is C33H21N3. The van der Waals surface area contributed by atoms with Gasteiger partial charge < -0.3 is 0 Å². The lowest BCUT2D eigenvalue weighted by atomic mass is 9.91. The van der Waals surface area contributed by atoms with Gasteiger partial charge in [-0.05, 0) is 49.5 Å². The van der Waals surface area contributed by atoms with Crippen LogP contribution in [-0.4, -0.2) is 15.0 Å². The first-order chi connectivity index (χ1) is 17.9. The molecule has 0 radical (unpaired) electrons. The number of aromatic nitrogens is 3. The molecule has 1 aromatic heterocycles. The fourth-order valence-electron chi connectivity index (χ4n) is 5.16. The van der Waals surface area contributed by atoms with Crippen molar-refractivity contribution in [3.63, 3.8) is 0 Å². The van der Waals surface area contributed by atoms with E-state index in [0.29, 0.717) is 11.6 Å². The second-order valence-electron chi connectivity index (χ2n) is 8.90. The summed E-state index contributed by atoms with van der Waals surface area (Å²) in [4.78, 5) is 13.8. The lowest BCUT2D eigenvalue weighted by Gasteiger charge is -2.14. The Morgan fingerprint density at radius 1 is 0.361 bits per heavy atom. The Balaban J connectivity index is 1.45. The van der Waals surface area contributed by atoms with Gasteiger partial charge in [-0.3, -0.25) is 0 Å². The average Bonchev–Trinajstić information content (AvgIpc) is 2.97. The van der Waals surface area contributed by atoms with E-state index in [-0.39, 0.29) is 0 Å². The van der Waals surface area contributed by atoms with Crippen LogP contribution in [0.4, 0.5) is 0 Å². The van der Waals surface area contributed by atoms with Gasteiger partial charge in [0.05, 0.1) is 0 Å². The summed E-state index contributed by atoms with van der Waals surface area (Å²) < 4.78 is 0. The first-order valence-corrected chi connectivity index (χ1v) is 12.0. The van der Waals surface area contributed by atoms with Crippen LogP contribution in [0.2, 0.25) is 0 Å². The minimum absolute atomic E-state index is 0.669. The summed E-state index contributed by atoms with van der Waals surface area (Å²) in [7, 11) is 0. The van der Waals surface area contributed by atoms with Crippen molar-refractivity contribution in [1.82, 2.24) is 15.0 Å². The maximum atomic E-state index is 4.83. The SMILES string of the molecule is c1ccc(-c2ncnc(-c3ccccc3-c3ccc4c5ccccc5c5ccccc5c4c3)n2)cc1. The zero-order chi connectivity index (χ0) is 23.9. The Morgan fingerprint density at radius 2 is 0.889 bits per heavy atom. The summed E-state index contributed by atoms with van der Waals surface area (Å²) in [6.07, 6.45) is 1.60. The molecule has 36 heavy (non-hydrogen) atoms. The minimum atomic E-state index is 0.669. The van der Waals surface area contributed by atoms with Crippen LogP contribution < -0.4 is 0 Å². The standard InChI is InChI=1S/C33H21N3/c1-2-10-22(11-3-1)32-34-21-35-33(36-32)30-17-9-4-12-24(30)23-18-19-29-27-15-6-5-13-25(27)26-14-7-8-16-28(26)31(29)20-23/h1-21H. The van der Waals surface area contributed by atoms with Gasteiger partial charge in [0.1, 0.15) is 6.33 Å². The van der Waals surface area contributed by atoms with Gasteiger partial charge in [0.25, 0.3) is 0 Å². The first-order valence-electron chi connectivity index (χ1n) is 12.0. The highest BCUT2D eigenvalue weighted by Crippen LogP contribution is 2.38. The molecule has 0 N–H and O–H groups in total. The lowest BCUT2D eigenvalue weighted by Crippen LogP contribution is -1.96. The van der Waals surface area contributed by atoms with Crippen LogP contribution >= 0.6 is 0 Å². The van der Waals surface area contributed by atoms with E-state index < -0.39 is 0 Å². The number of hydrogen-bond acceptors (Lipinski definition) is 3. The van der Waals surface area contributed by atoms with Crippen molar-refractivity contribution in [3.8, 4) is 33.9 Å². The normalized spacial score (nSPS) is 11.3. The lowest BCUT2D eigenvalue weighted by molar-refractivity contribution is 1.07. The van der Waals surface area contributed by atoms with E-state index in [2.05, 4.69) is 94.9 Å². The summed E-state index contributed by atoms with van der Waals surface area (Å²) in [6, 6.07) is 42.5. The summed E-state index contributed by atoms with van der Waals surface area (Å²) in [5.74, 6) is 1.34. The molecule has 0 bridgehead atoms. The molecule has 0 unspecified atom stereocenters. The number of hydrogen-bond donors (Lipinski definition) is 0. The Kier molecular flexibility index (Phi) is 4.78. The predicted molar refractivity (Wildman–Crippen MR) is 149 cm³/mol. The molecule has 0 aliphatic heterocycles. The molecule has 0 amide bonds. The van der Waals surface area contributed by atoms with Crippen LogP contribution in [0.3, 0.4) is 0 Å². The van der Waals surface area contributed by atoms with Gasteiger partial charge >= 0.3 is 0 Å². The maximum absolute atomic E-state index is 4.83. The maximum Gasteiger partial charge on any atom is 0.163 e. The van der Waals surface area contributed by atoms with E-state index in [0.717, 1.165) is 22.3 Å². The molecule has 0 fully saturated rings. The van der Waals surface area contributed by atoms with Gasteiger partial charge in [0.15, 0.2) is 11.6 Å². The minimum Gasteiger partial charge on any atom is -0.217 e. The zero-order valence-electron chi connectivity index (χ0n) is 19.5. The highest BCUT2D eigenvalue weighted by atomic mass is 15.0. The third-order valence-electron chi connectivity index (χ3n) is 6.83. The Morgan fingerprint density at radius 3 is 1.58 bits per heavy atom. The Hall–Kier alpha value is -4.89. The Bertz CT molecular complexity index is 1860. The van der Waals surface area contributed by atoms with Gasteiger partial charge in [-0.2, -0.15) is 0 Å². The molecule has 168 valence electrons. The number of fused-ring (bicyclic) bond motifs is 6. The summed E-state index contributed by atoms with van der Waals surface area (Å²) in [5, 5.41) is 7.60. The van der Waals surface area contributed by atoms with Crippen molar-refractivity contribution in [2.75, 3.05) is 0 Å². The van der Waals surface area contributed by atoms with Crippen LogP contribution in [-0.2, 0) is 0 Å². The highest BCUT2D eigenvalue weighted by Gasteiger charge is 2.14. The molecule has 7 rings (SSSR count). The first kappa shape index (κ1) is 20.5. The van der Waals surface area contributed by atoms with Crippen molar-refractivity contribution >= 4 is 32.3 Å². The average molecular weight is 460 g/mol. The smallest absolute Gasteiger partial charge is 0.163 e. The third kappa shape index (κ3) is 3.33. The van der Waals surface area contributed by atoms with Gasteiger partial charge in [-0.15, -0.1) is 0 Å². The molecule has 1 heterocycles. The summed E-state index contributed by atoms with van der Waals surface area (Å²) >= 11 is 0. The van der Waals surface area contributed by atoms with Crippen molar-refractivity contribution in [2.45, 2.75) is 0 Å². The molecule has 0 atom stereocenters. The molecule has 0 saturated heterocycles. The molecule has 0 aliphatic rings. The van der Waals surface area contributed by atoms with Crippen molar-refractivity contribution in [1.29, 1.82) is 0 Å². The van der Waals surface area contributed by atoms with Crippen LogP contribution in [0.1, 0.15) is 0 Å². The van der Waals surface area contributed by atoms with Crippen molar-refractivity contribution < 1.29 is 0 Å². The largest absolute Gasteiger partial charge is 0.217 e. The summed E-state index contributed by atoms with van der Waals surface area (Å²) in [6.45, 7) is 0. The molecule has 0 spiro atoms. The van der Waals surface area contributed by atoms with Crippen molar-refractivity contribution in [2.24, 2.45) is 0 Å². The van der Waals surface area contributed by atoms with Crippen LogP contribution in [0.5, 0.6) is 0 Å². The van der Waals surface area contributed by atoms with E-state index in [9.17, 15) is 0 Å². The second-order valence-corrected chi connectivity index (χ2v) is 8.90. The molecule has 0 aliphatic carbocycles. The van der Waals surface area contributed by atoms with Gasteiger partial charge in [0, 0.05) is 11.1 Å². The summed E-state index contributed by atoms with van der Waals surface area (Å²) in [5.41, 5.74) is 4.20. The number of benzene rings is 6. The molecular weight excluding hydrogens is 438 g/mol. The quantitative estimate of drug-likeness (QED) is 0.249. The molecule has 7 aromatic rings. The molecule has 3 nitrogen and oxygen atoms in total. The van der Waals surface area contributed by atoms with Crippen LogP contribution in [0.25, 0.3) is 66.2 Å². The van der Waals surface area contributed by atoms with E-state index in [1.54, 1.807) is 6.33 Å². The predicted octanol–water partition coefficient (Wildman–Crippen LogP) is 8.33. The van der Waals surface area contributed by atoms with Gasteiger partial charge in [-0.1, -0.05) is 115 Å². The molecule has 0 saturated carbocycles. The van der Waals surface area contributed by atoms with Gasteiger partial charge in [0.2, 0.25) is 0 Å². The monoisotopic (exact) mass is 459 g/mol. The van der Waals surface area contributed by atoms with E-state index in [1.807, 2.05) is 36.4 Å². The van der Waals surface area contributed by atoms with Gasteiger partial charge in [-0.25, -0.2) is 15.0 Å². The third-order valence-corrected chi connectivity index (χ3v) is 6.83. The fraction of sp³-hybridized carbons (Fsp3) is 0. The van der Waals surface area contributed by atoms with Crippen molar-refractivity contribution in [3.05, 3.63) is 128 Å².